The summed E-state index contributed by atoms with van der Waals surface area (Å²) < 4.78 is 16.3. The molecule has 0 heterocycles. The number of rotatable bonds is 10. The average molecular weight is 328 g/mol. The zero-order chi connectivity index (χ0) is 17.2. The molecule has 0 saturated heterocycles. The summed E-state index contributed by atoms with van der Waals surface area (Å²) in [4.78, 5) is 2.32. The van der Waals surface area contributed by atoms with Gasteiger partial charge in [0.15, 0.2) is 11.5 Å². The van der Waals surface area contributed by atoms with Gasteiger partial charge in [0.05, 0.1) is 20.8 Å². The molecule has 2 rings (SSSR count). The molecule has 4 nitrogen and oxygen atoms in total. The monoisotopic (exact) mass is 328 g/mol. The Morgan fingerprint density at radius 2 is 1.88 bits per heavy atom. The molecular weight excluding hydrogens is 302 g/mol. The van der Waals surface area contributed by atoms with Gasteiger partial charge in [-0.2, -0.15) is 0 Å². The van der Waals surface area contributed by atoms with Crippen molar-refractivity contribution in [3.05, 3.63) is 54.1 Å². The summed E-state index contributed by atoms with van der Waals surface area (Å²) in [6, 6.07) is 16.7. The van der Waals surface area contributed by atoms with Gasteiger partial charge in [-0.05, 0) is 55.8 Å². The number of ether oxygens (including phenoxy) is 3. The summed E-state index contributed by atoms with van der Waals surface area (Å²) in [5.41, 5.74) is 1.25. The molecule has 0 saturated carbocycles. The highest BCUT2D eigenvalue weighted by molar-refractivity contribution is 5.42. The van der Waals surface area contributed by atoms with E-state index < -0.39 is 0 Å². The van der Waals surface area contributed by atoms with Gasteiger partial charge in [-0.1, -0.05) is 18.2 Å². The average Bonchev–Trinajstić information content (AvgIpc) is 2.64. The highest BCUT2D eigenvalue weighted by Crippen LogP contribution is 2.27. The fraction of sp³-hybridized carbons (Fsp3) is 0.400. The van der Waals surface area contributed by atoms with E-state index in [4.69, 9.17) is 14.2 Å². The first-order chi connectivity index (χ1) is 11.7. The van der Waals surface area contributed by atoms with Crippen LogP contribution in [0.3, 0.4) is 0 Å². The van der Waals surface area contributed by atoms with Crippen LogP contribution in [-0.4, -0.2) is 45.9 Å². The molecule has 0 atom stereocenters. The van der Waals surface area contributed by atoms with E-state index in [2.05, 4.69) is 24.1 Å². The maximum atomic E-state index is 5.69. The van der Waals surface area contributed by atoms with Crippen LogP contribution in [-0.2, 0) is 6.42 Å². The minimum Gasteiger partial charge on any atom is -0.494 e. The minimum absolute atomic E-state index is 0.721. The highest BCUT2D eigenvalue weighted by atomic mass is 16.5. The fourth-order valence-electron chi connectivity index (χ4n) is 2.46. The molecule has 24 heavy (non-hydrogen) atoms. The molecule has 0 aliphatic carbocycles. The van der Waals surface area contributed by atoms with Gasteiger partial charge in [-0.15, -0.1) is 0 Å². The topological polar surface area (TPSA) is 30.9 Å². The second-order valence-electron chi connectivity index (χ2n) is 5.68. The standard InChI is InChI=1S/C20H26NO3/c1-21(13-7-15-24-18-8-5-4-6-9-18)14-12-17-10-11-19(22-2)20(16-17)23-3/h4-5,8-11,16H,7,12-15H2,1-3H3. The first-order valence-corrected chi connectivity index (χ1v) is 8.21. The van der Waals surface area contributed by atoms with E-state index in [0.29, 0.717) is 0 Å². The first kappa shape index (κ1) is 18.1. The number of benzene rings is 2. The summed E-state index contributed by atoms with van der Waals surface area (Å²) >= 11 is 0. The number of hydrogen-bond acceptors (Lipinski definition) is 4. The van der Waals surface area contributed by atoms with E-state index in [9.17, 15) is 0 Å². The first-order valence-electron chi connectivity index (χ1n) is 8.21. The summed E-state index contributed by atoms with van der Waals surface area (Å²) in [6.45, 7) is 2.72. The zero-order valence-electron chi connectivity index (χ0n) is 14.7. The molecule has 2 aromatic rings. The van der Waals surface area contributed by atoms with Crippen LogP contribution >= 0.6 is 0 Å². The predicted molar refractivity (Wildman–Crippen MR) is 96.1 cm³/mol. The minimum atomic E-state index is 0.721. The highest BCUT2D eigenvalue weighted by Gasteiger charge is 2.06. The summed E-state index contributed by atoms with van der Waals surface area (Å²) in [7, 11) is 5.45. The second kappa shape index (κ2) is 9.83. The lowest BCUT2D eigenvalue weighted by molar-refractivity contribution is 0.264. The van der Waals surface area contributed by atoms with Crippen LogP contribution in [0.25, 0.3) is 0 Å². The molecule has 0 aromatic heterocycles. The van der Waals surface area contributed by atoms with E-state index in [1.54, 1.807) is 14.2 Å². The number of methoxy groups -OCH3 is 2. The quantitative estimate of drug-likeness (QED) is 0.625. The Bertz CT molecular complexity index is 601. The molecule has 0 amide bonds. The largest absolute Gasteiger partial charge is 0.494 e. The van der Waals surface area contributed by atoms with Crippen molar-refractivity contribution in [3.8, 4) is 17.2 Å². The SMILES string of the molecule is COc1ccc(CCN(C)CCCOc2c[c]ccc2)cc1OC. The van der Waals surface area contributed by atoms with Crippen LogP contribution < -0.4 is 14.2 Å². The molecule has 0 fully saturated rings. The molecule has 4 heteroatoms. The number of likely N-dealkylation sites (N-methyl/N-ethyl adjacent to an activating group) is 1. The molecule has 0 N–H and O–H groups in total. The molecular formula is C20H26NO3. The van der Waals surface area contributed by atoms with Gasteiger partial charge >= 0.3 is 0 Å². The van der Waals surface area contributed by atoms with Crippen molar-refractivity contribution in [2.45, 2.75) is 12.8 Å². The van der Waals surface area contributed by atoms with Crippen molar-refractivity contribution in [3.63, 3.8) is 0 Å². The van der Waals surface area contributed by atoms with Crippen molar-refractivity contribution in [1.29, 1.82) is 0 Å². The molecule has 0 aliphatic heterocycles. The molecule has 1 radical (unpaired) electrons. The lowest BCUT2D eigenvalue weighted by Crippen LogP contribution is -2.23. The van der Waals surface area contributed by atoms with E-state index in [0.717, 1.165) is 49.8 Å². The van der Waals surface area contributed by atoms with E-state index in [1.165, 1.54) is 5.56 Å². The Morgan fingerprint density at radius 1 is 1.04 bits per heavy atom. The van der Waals surface area contributed by atoms with E-state index in [1.807, 2.05) is 36.4 Å². The van der Waals surface area contributed by atoms with Crippen LogP contribution in [0.4, 0.5) is 0 Å². The summed E-state index contributed by atoms with van der Waals surface area (Å²) in [6.07, 6.45) is 1.97. The third kappa shape index (κ3) is 5.78. The Labute approximate surface area is 145 Å². The van der Waals surface area contributed by atoms with Crippen molar-refractivity contribution >= 4 is 0 Å². The van der Waals surface area contributed by atoms with Crippen molar-refractivity contribution in [2.24, 2.45) is 0 Å². The Hall–Kier alpha value is -2.20. The predicted octanol–water partition coefficient (Wildman–Crippen LogP) is 3.45. The van der Waals surface area contributed by atoms with Crippen LogP contribution in [0, 0.1) is 6.07 Å². The fourth-order valence-corrected chi connectivity index (χ4v) is 2.46. The normalized spacial score (nSPS) is 10.7. The van der Waals surface area contributed by atoms with Crippen LogP contribution in [0.2, 0.25) is 0 Å². The summed E-state index contributed by atoms with van der Waals surface area (Å²) in [5.74, 6) is 2.43. The third-order valence-corrected chi connectivity index (χ3v) is 3.86. The Morgan fingerprint density at radius 3 is 2.58 bits per heavy atom. The number of nitrogens with zero attached hydrogens (tertiary/aromatic N) is 1. The maximum absolute atomic E-state index is 5.69. The Balaban J connectivity index is 1.68. The van der Waals surface area contributed by atoms with Crippen molar-refractivity contribution in [2.75, 3.05) is 41.0 Å². The van der Waals surface area contributed by atoms with Gasteiger partial charge in [-0.25, -0.2) is 0 Å². The molecule has 129 valence electrons. The molecule has 0 unspecified atom stereocenters. The maximum Gasteiger partial charge on any atom is 0.160 e. The molecule has 0 aliphatic rings. The molecule has 2 aromatic carbocycles. The van der Waals surface area contributed by atoms with Gasteiger partial charge in [0.25, 0.3) is 0 Å². The lowest BCUT2D eigenvalue weighted by Gasteiger charge is -2.17. The van der Waals surface area contributed by atoms with Crippen molar-refractivity contribution < 1.29 is 14.2 Å². The van der Waals surface area contributed by atoms with E-state index >= 15 is 0 Å². The van der Waals surface area contributed by atoms with Crippen LogP contribution in [0.1, 0.15) is 12.0 Å². The number of hydrogen-bond donors (Lipinski definition) is 0. The Kier molecular flexibility index (Phi) is 7.43. The molecule has 0 bridgehead atoms. The van der Waals surface area contributed by atoms with Crippen LogP contribution in [0.5, 0.6) is 17.2 Å². The van der Waals surface area contributed by atoms with Gasteiger partial charge in [0, 0.05) is 13.1 Å². The van der Waals surface area contributed by atoms with Crippen molar-refractivity contribution in [1.82, 2.24) is 4.90 Å². The third-order valence-electron chi connectivity index (χ3n) is 3.86. The smallest absolute Gasteiger partial charge is 0.160 e. The lowest BCUT2D eigenvalue weighted by atomic mass is 10.1. The van der Waals surface area contributed by atoms with E-state index in [-0.39, 0.29) is 0 Å². The van der Waals surface area contributed by atoms with Gasteiger partial charge in [0.2, 0.25) is 0 Å². The van der Waals surface area contributed by atoms with Crippen LogP contribution in [0.15, 0.2) is 42.5 Å². The summed E-state index contributed by atoms with van der Waals surface area (Å²) in [5, 5.41) is 0. The van der Waals surface area contributed by atoms with Gasteiger partial charge < -0.3 is 19.1 Å². The van der Waals surface area contributed by atoms with Gasteiger partial charge in [0.1, 0.15) is 5.75 Å². The second-order valence-corrected chi connectivity index (χ2v) is 5.68. The van der Waals surface area contributed by atoms with Gasteiger partial charge in [-0.3, -0.25) is 0 Å². The zero-order valence-corrected chi connectivity index (χ0v) is 14.7. The molecule has 0 spiro atoms.